The molecule has 138 valence electrons. The van der Waals surface area contributed by atoms with E-state index >= 15 is 0 Å². The molecular formula is C22H23N3O2. The van der Waals surface area contributed by atoms with Crippen molar-refractivity contribution in [1.29, 1.82) is 0 Å². The Hall–Kier alpha value is -3.34. The van der Waals surface area contributed by atoms with Crippen LogP contribution in [0.4, 0.5) is 17.1 Å². The van der Waals surface area contributed by atoms with Gasteiger partial charge in [0.1, 0.15) is 5.75 Å². The summed E-state index contributed by atoms with van der Waals surface area (Å²) in [5.41, 5.74) is 3.16. The van der Waals surface area contributed by atoms with Crippen LogP contribution in [0.2, 0.25) is 0 Å². The third-order valence-corrected chi connectivity index (χ3v) is 4.10. The molecule has 0 aliphatic heterocycles. The number of nitrogens with zero attached hydrogens (tertiary/aromatic N) is 2. The summed E-state index contributed by atoms with van der Waals surface area (Å²) in [7, 11) is 0. The Morgan fingerprint density at radius 2 is 1.74 bits per heavy atom. The average Bonchev–Trinajstić information content (AvgIpc) is 2.71. The van der Waals surface area contributed by atoms with Gasteiger partial charge in [-0.15, -0.1) is 0 Å². The fraction of sp³-hybridized carbons (Fsp3) is 0.182. The zero-order chi connectivity index (χ0) is 19.1. The highest BCUT2D eigenvalue weighted by atomic mass is 16.5. The molecule has 0 aliphatic carbocycles. The van der Waals surface area contributed by atoms with Crippen molar-refractivity contribution in [3.05, 3.63) is 78.6 Å². The average molecular weight is 361 g/mol. The van der Waals surface area contributed by atoms with Crippen LogP contribution in [0.25, 0.3) is 0 Å². The van der Waals surface area contributed by atoms with Gasteiger partial charge in [-0.2, -0.15) is 0 Å². The molecule has 1 aromatic heterocycles. The van der Waals surface area contributed by atoms with Crippen molar-refractivity contribution in [1.82, 2.24) is 4.98 Å². The summed E-state index contributed by atoms with van der Waals surface area (Å²) in [5, 5.41) is 2.90. The normalized spacial score (nSPS) is 10.3. The summed E-state index contributed by atoms with van der Waals surface area (Å²) in [6.07, 6.45) is 3.34. The number of anilines is 3. The van der Waals surface area contributed by atoms with Gasteiger partial charge in [-0.25, -0.2) is 0 Å². The molecule has 0 unspecified atom stereocenters. The minimum Gasteiger partial charge on any atom is -0.494 e. The highest BCUT2D eigenvalue weighted by Gasteiger charge is 2.12. The summed E-state index contributed by atoms with van der Waals surface area (Å²) < 4.78 is 5.42. The van der Waals surface area contributed by atoms with Crippen LogP contribution in [0.1, 0.15) is 24.2 Å². The molecule has 5 nitrogen and oxygen atoms in total. The van der Waals surface area contributed by atoms with Gasteiger partial charge >= 0.3 is 0 Å². The maximum atomic E-state index is 12.6. The van der Waals surface area contributed by atoms with E-state index in [1.54, 1.807) is 12.4 Å². The zero-order valence-corrected chi connectivity index (χ0v) is 15.6. The standard InChI is InChI=1S/C22H23N3O2/c1-3-25(19-8-6-5-7-9-19)20-14-17(15-23-16-20)22(26)24-18-10-12-21(13-11-18)27-4-2/h5-16H,3-4H2,1-2H3,(H,24,26). The van der Waals surface area contributed by atoms with E-state index in [1.165, 1.54) is 0 Å². The summed E-state index contributed by atoms with van der Waals surface area (Å²) in [5.74, 6) is 0.582. The number of amides is 1. The molecule has 0 spiro atoms. The van der Waals surface area contributed by atoms with Crippen LogP contribution in [-0.2, 0) is 0 Å². The quantitative estimate of drug-likeness (QED) is 0.651. The van der Waals surface area contributed by atoms with Crippen LogP contribution < -0.4 is 15.0 Å². The van der Waals surface area contributed by atoms with Crippen LogP contribution in [0, 0.1) is 0 Å². The first-order valence-corrected chi connectivity index (χ1v) is 9.03. The largest absolute Gasteiger partial charge is 0.494 e. The number of pyridine rings is 1. The fourth-order valence-corrected chi connectivity index (χ4v) is 2.83. The second-order valence-corrected chi connectivity index (χ2v) is 5.92. The second kappa shape index (κ2) is 8.85. The van der Waals surface area contributed by atoms with Crippen LogP contribution in [0.5, 0.6) is 5.75 Å². The van der Waals surface area contributed by atoms with Gasteiger partial charge in [0.2, 0.25) is 0 Å². The predicted octanol–water partition coefficient (Wildman–Crippen LogP) is 4.89. The van der Waals surface area contributed by atoms with E-state index in [0.29, 0.717) is 17.9 Å². The number of ether oxygens (including phenoxy) is 1. The van der Waals surface area contributed by atoms with Crippen LogP contribution >= 0.6 is 0 Å². The number of nitrogens with one attached hydrogen (secondary N) is 1. The van der Waals surface area contributed by atoms with E-state index in [4.69, 9.17) is 4.74 Å². The van der Waals surface area contributed by atoms with Gasteiger partial charge in [-0.1, -0.05) is 18.2 Å². The molecule has 0 bridgehead atoms. The predicted molar refractivity (Wildman–Crippen MR) is 109 cm³/mol. The number of carbonyl (C=O) groups excluding carboxylic acids is 1. The van der Waals surface area contributed by atoms with E-state index in [2.05, 4.69) is 22.1 Å². The Labute approximate surface area is 159 Å². The van der Waals surface area contributed by atoms with E-state index in [-0.39, 0.29) is 5.91 Å². The topological polar surface area (TPSA) is 54.5 Å². The van der Waals surface area contributed by atoms with Crippen molar-refractivity contribution >= 4 is 23.0 Å². The highest BCUT2D eigenvalue weighted by Crippen LogP contribution is 2.25. The van der Waals surface area contributed by atoms with Gasteiger partial charge in [0.25, 0.3) is 5.91 Å². The van der Waals surface area contributed by atoms with Crippen molar-refractivity contribution in [2.75, 3.05) is 23.4 Å². The molecule has 1 heterocycles. The number of benzene rings is 2. The first-order valence-electron chi connectivity index (χ1n) is 9.03. The Bertz CT molecular complexity index is 880. The molecule has 2 aromatic carbocycles. The molecule has 3 rings (SSSR count). The molecule has 0 saturated carbocycles. The molecule has 3 aromatic rings. The molecular weight excluding hydrogens is 338 g/mol. The smallest absolute Gasteiger partial charge is 0.257 e. The van der Waals surface area contributed by atoms with Crippen molar-refractivity contribution in [3.63, 3.8) is 0 Å². The van der Waals surface area contributed by atoms with Crippen molar-refractivity contribution in [2.45, 2.75) is 13.8 Å². The lowest BCUT2D eigenvalue weighted by atomic mass is 10.2. The van der Waals surface area contributed by atoms with Crippen LogP contribution in [-0.4, -0.2) is 24.0 Å². The SMILES string of the molecule is CCOc1ccc(NC(=O)c2cncc(N(CC)c3ccccc3)c2)cc1. The molecule has 0 atom stereocenters. The highest BCUT2D eigenvalue weighted by molar-refractivity contribution is 6.04. The van der Waals surface area contributed by atoms with E-state index < -0.39 is 0 Å². The minimum atomic E-state index is -0.197. The number of aromatic nitrogens is 1. The third-order valence-electron chi connectivity index (χ3n) is 4.10. The first kappa shape index (κ1) is 18.5. The van der Waals surface area contributed by atoms with Gasteiger partial charge in [-0.3, -0.25) is 9.78 Å². The van der Waals surface area contributed by atoms with E-state index in [9.17, 15) is 4.79 Å². The first-order chi connectivity index (χ1) is 13.2. The summed E-state index contributed by atoms with van der Waals surface area (Å²) >= 11 is 0. The van der Waals surface area contributed by atoms with Gasteiger partial charge < -0.3 is 15.0 Å². The zero-order valence-electron chi connectivity index (χ0n) is 15.6. The van der Waals surface area contributed by atoms with Gasteiger partial charge in [0.05, 0.1) is 24.1 Å². The molecule has 27 heavy (non-hydrogen) atoms. The summed E-state index contributed by atoms with van der Waals surface area (Å²) in [6.45, 7) is 5.39. The van der Waals surface area contributed by atoms with Crippen molar-refractivity contribution in [3.8, 4) is 5.75 Å². The molecule has 1 N–H and O–H groups in total. The summed E-state index contributed by atoms with van der Waals surface area (Å²) in [6, 6.07) is 19.2. The van der Waals surface area contributed by atoms with Crippen LogP contribution in [0.3, 0.4) is 0 Å². The van der Waals surface area contributed by atoms with Gasteiger partial charge in [0.15, 0.2) is 0 Å². The lowest BCUT2D eigenvalue weighted by Crippen LogP contribution is -2.18. The Morgan fingerprint density at radius 3 is 2.41 bits per heavy atom. The summed E-state index contributed by atoms with van der Waals surface area (Å²) in [4.78, 5) is 19.0. The Morgan fingerprint density at radius 1 is 1.00 bits per heavy atom. The van der Waals surface area contributed by atoms with Crippen LogP contribution in [0.15, 0.2) is 73.1 Å². The Balaban J connectivity index is 1.77. The fourth-order valence-electron chi connectivity index (χ4n) is 2.83. The van der Waals surface area contributed by atoms with Crippen molar-refractivity contribution in [2.24, 2.45) is 0 Å². The van der Waals surface area contributed by atoms with E-state index in [1.807, 2.05) is 67.6 Å². The second-order valence-electron chi connectivity index (χ2n) is 5.92. The van der Waals surface area contributed by atoms with Gasteiger partial charge in [0, 0.05) is 24.1 Å². The molecule has 1 amide bonds. The Kier molecular flexibility index (Phi) is 6.05. The molecule has 0 saturated heterocycles. The molecule has 5 heteroatoms. The van der Waals surface area contributed by atoms with E-state index in [0.717, 1.165) is 23.7 Å². The maximum absolute atomic E-state index is 12.6. The number of hydrogen-bond acceptors (Lipinski definition) is 4. The molecule has 0 fully saturated rings. The molecule has 0 aliphatic rings. The number of rotatable bonds is 7. The minimum absolute atomic E-state index is 0.197. The lowest BCUT2D eigenvalue weighted by Gasteiger charge is -2.23. The van der Waals surface area contributed by atoms with Crippen molar-refractivity contribution < 1.29 is 9.53 Å². The number of para-hydroxylation sites is 1. The lowest BCUT2D eigenvalue weighted by molar-refractivity contribution is 0.102. The number of hydrogen-bond donors (Lipinski definition) is 1. The number of carbonyl (C=O) groups is 1. The monoisotopic (exact) mass is 361 g/mol. The molecule has 0 radical (unpaired) electrons. The maximum Gasteiger partial charge on any atom is 0.257 e. The van der Waals surface area contributed by atoms with Gasteiger partial charge in [-0.05, 0) is 56.3 Å². The third kappa shape index (κ3) is 4.64.